The van der Waals surface area contributed by atoms with E-state index in [1.54, 1.807) is 4.90 Å². The van der Waals surface area contributed by atoms with Crippen LogP contribution in [0, 0.1) is 6.92 Å². The smallest absolute Gasteiger partial charge is 0.260 e. The summed E-state index contributed by atoms with van der Waals surface area (Å²) >= 11 is 0. The first-order valence-corrected chi connectivity index (χ1v) is 12.1. The highest BCUT2D eigenvalue weighted by Gasteiger charge is 2.34. The topological polar surface area (TPSA) is 92.1 Å². The second-order valence-electron chi connectivity index (χ2n) is 9.16. The molecule has 0 bridgehead atoms. The van der Waals surface area contributed by atoms with Gasteiger partial charge in [0.25, 0.3) is 5.91 Å². The number of nitrogens with zero attached hydrogens (tertiary/aromatic N) is 7. The number of rotatable bonds is 7. The van der Waals surface area contributed by atoms with Crippen LogP contribution in [-0.4, -0.2) is 50.3 Å². The summed E-state index contributed by atoms with van der Waals surface area (Å²) in [6.45, 7) is 9.18. The molecule has 2 aliphatic rings. The third-order valence-corrected chi connectivity index (χ3v) is 6.80. The molecule has 0 saturated carbocycles. The molecule has 0 spiro atoms. The number of carbonyl (C=O) groups excluding carboxylic acids is 1. The van der Waals surface area contributed by atoms with E-state index in [-0.39, 0.29) is 5.91 Å². The fourth-order valence-electron chi connectivity index (χ4n) is 5.03. The van der Waals surface area contributed by atoms with Gasteiger partial charge in [-0.3, -0.25) is 9.69 Å². The average Bonchev–Trinajstić information content (AvgIpc) is 3.52. The Kier molecular flexibility index (Phi) is 6.03. The minimum atomic E-state index is -0.0290. The zero-order valence-electron chi connectivity index (χ0n) is 20.4. The van der Waals surface area contributed by atoms with Crippen LogP contribution in [0.1, 0.15) is 60.5 Å². The molecule has 1 saturated heterocycles. The predicted octanol–water partition coefficient (Wildman–Crippen LogP) is 3.32. The van der Waals surface area contributed by atoms with Crippen LogP contribution in [0.15, 0.2) is 24.3 Å². The Morgan fingerprint density at radius 1 is 1.18 bits per heavy atom. The second kappa shape index (κ2) is 9.13. The van der Waals surface area contributed by atoms with Crippen LogP contribution in [0.25, 0.3) is 11.5 Å². The Balaban J connectivity index is 1.51. The van der Waals surface area contributed by atoms with Crippen LogP contribution in [0.3, 0.4) is 0 Å². The van der Waals surface area contributed by atoms with Crippen molar-refractivity contribution in [3.8, 4) is 11.5 Å². The Labute approximate surface area is 200 Å². The van der Waals surface area contributed by atoms with Crippen molar-refractivity contribution in [2.45, 2.75) is 65.7 Å². The average molecular weight is 461 g/mol. The Bertz CT molecular complexity index is 1220. The molecule has 34 heavy (non-hydrogen) atoms. The summed E-state index contributed by atoms with van der Waals surface area (Å²) in [6, 6.07) is 8.15. The Hall–Kier alpha value is -3.33. The molecule has 9 nitrogen and oxygen atoms in total. The number of nitrogens with one attached hydrogen (secondary N) is 1. The number of fused-ring (bicyclic) bond motifs is 1. The molecule has 1 N–H and O–H groups in total. The standard InChI is InChI=1S/C25H32N8O/c1-5-11-32-17(3)29-30-24(32)20-9-6-10-22(27-20)33-15-19-18(25(33)34)13-23(28-21(19)14-26-4)31-12-7-8-16(31)2/h6,9-10,13,16,26H,5,7-8,11-12,14-15H2,1-4H3/t16-/m1/s1. The molecule has 3 aromatic rings. The molecule has 5 rings (SSSR count). The number of pyridine rings is 2. The van der Waals surface area contributed by atoms with Crippen LogP contribution in [0.2, 0.25) is 0 Å². The van der Waals surface area contributed by atoms with Gasteiger partial charge in [-0.2, -0.15) is 0 Å². The molecule has 9 heteroatoms. The van der Waals surface area contributed by atoms with Crippen LogP contribution in [-0.2, 0) is 19.6 Å². The van der Waals surface area contributed by atoms with Gasteiger partial charge in [0.1, 0.15) is 23.2 Å². The van der Waals surface area contributed by atoms with Crippen molar-refractivity contribution in [1.82, 2.24) is 30.0 Å². The number of carbonyl (C=O) groups is 1. The summed E-state index contributed by atoms with van der Waals surface area (Å²) in [5.74, 6) is 3.08. The van der Waals surface area contributed by atoms with Gasteiger partial charge in [0.2, 0.25) is 0 Å². The van der Waals surface area contributed by atoms with E-state index in [1.807, 2.05) is 38.2 Å². The highest BCUT2D eigenvalue weighted by atomic mass is 16.2. The number of aromatic nitrogens is 5. The van der Waals surface area contributed by atoms with Gasteiger partial charge in [-0.1, -0.05) is 13.0 Å². The van der Waals surface area contributed by atoms with E-state index < -0.39 is 0 Å². The zero-order chi connectivity index (χ0) is 23.8. The highest BCUT2D eigenvalue weighted by Crippen LogP contribution is 2.34. The van der Waals surface area contributed by atoms with Gasteiger partial charge in [0, 0.05) is 31.2 Å². The van der Waals surface area contributed by atoms with E-state index in [0.717, 1.165) is 72.3 Å². The second-order valence-corrected chi connectivity index (χ2v) is 9.16. The number of hydrogen-bond donors (Lipinski definition) is 1. The lowest BCUT2D eigenvalue weighted by Gasteiger charge is -2.24. The zero-order valence-corrected chi connectivity index (χ0v) is 20.4. The summed E-state index contributed by atoms with van der Waals surface area (Å²) in [7, 11) is 1.91. The quantitative estimate of drug-likeness (QED) is 0.578. The minimum Gasteiger partial charge on any atom is -0.354 e. The molecule has 0 radical (unpaired) electrons. The Morgan fingerprint density at radius 2 is 2.03 bits per heavy atom. The van der Waals surface area contributed by atoms with Crippen molar-refractivity contribution in [1.29, 1.82) is 0 Å². The van der Waals surface area contributed by atoms with Crippen LogP contribution in [0.4, 0.5) is 11.6 Å². The van der Waals surface area contributed by atoms with E-state index >= 15 is 0 Å². The van der Waals surface area contributed by atoms with Gasteiger partial charge in [-0.15, -0.1) is 10.2 Å². The van der Waals surface area contributed by atoms with E-state index in [1.165, 1.54) is 0 Å². The highest BCUT2D eigenvalue weighted by molar-refractivity contribution is 6.10. The number of aryl methyl sites for hydroxylation is 1. The first-order chi connectivity index (χ1) is 16.5. The molecule has 1 amide bonds. The molecule has 0 aromatic carbocycles. The SMILES string of the molecule is CCCn1c(C)nnc1-c1cccc(N2Cc3c(cc(N4CCC[C@H]4C)nc3CNC)C2=O)n1. The molecular formula is C25H32N8O. The molecule has 5 heterocycles. The van der Waals surface area contributed by atoms with Crippen LogP contribution in [0.5, 0.6) is 0 Å². The van der Waals surface area contributed by atoms with Gasteiger partial charge < -0.3 is 14.8 Å². The third-order valence-electron chi connectivity index (χ3n) is 6.80. The summed E-state index contributed by atoms with van der Waals surface area (Å²) in [5.41, 5.74) is 3.36. The van der Waals surface area contributed by atoms with Crippen LogP contribution >= 0.6 is 0 Å². The van der Waals surface area contributed by atoms with E-state index in [0.29, 0.717) is 24.9 Å². The maximum absolute atomic E-state index is 13.6. The Morgan fingerprint density at radius 3 is 2.76 bits per heavy atom. The monoisotopic (exact) mass is 460 g/mol. The van der Waals surface area contributed by atoms with Crippen molar-refractivity contribution in [2.24, 2.45) is 0 Å². The summed E-state index contributed by atoms with van der Waals surface area (Å²) in [4.78, 5) is 27.5. The van der Waals surface area contributed by atoms with Gasteiger partial charge in [-0.05, 0) is 58.4 Å². The lowest BCUT2D eigenvalue weighted by atomic mass is 10.1. The van der Waals surface area contributed by atoms with Crippen molar-refractivity contribution in [3.63, 3.8) is 0 Å². The van der Waals surface area contributed by atoms with Gasteiger partial charge in [0.15, 0.2) is 5.82 Å². The normalized spacial score (nSPS) is 17.6. The molecule has 0 aliphatic carbocycles. The van der Waals surface area contributed by atoms with E-state index in [9.17, 15) is 4.79 Å². The maximum atomic E-state index is 13.6. The molecule has 1 atom stereocenters. The van der Waals surface area contributed by atoms with Crippen molar-refractivity contribution < 1.29 is 4.79 Å². The number of hydrogen-bond acceptors (Lipinski definition) is 7. The number of anilines is 2. The number of amides is 1. The van der Waals surface area contributed by atoms with Crippen molar-refractivity contribution >= 4 is 17.5 Å². The molecule has 2 aliphatic heterocycles. The first-order valence-electron chi connectivity index (χ1n) is 12.1. The lowest BCUT2D eigenvalue weighted by molar-refractivity contribution is 0.0996. The fourth-order valence-corrected chi connectivity index (χ4v) is 5.03. The molecule has 1 fully saturated rings. The molecular weight excluding hydrogens is 428 g/mol. The van der Waals surface area contributed by atoms with Crippen molar-refractivity contribution in [2.75, 3.05) is 23.4 Å². The molecule has 178 valence electrons. The van der Waals surface area contributed by atoms with E-state index in [4.69, 9.17) is 9.97 Å². The summed E-state index contributed by atoms with van der Waals surface area (Å²) in [6.07, 6.45) is 3.28. The third kappa shape index (κ3) is 3.83. The minimum absolute atomic E-state index is 0.0290. The summed E-state index contributed by atoms with van der Waals surface area (Å²) in [5, 5.41) is 11.8. The first kappa shape index (κ1) is 22.5. The van der Waals surface area contributed by atoms with Gasteiger partial charge >= 0.3 is 0 Å². The largest absolute Gasteiger partial charge is 0.354 e. The predicted molar refractivity (Wildman–Crippen MR) is 132 cm³/mol. The lowest BCUT2D eigenvalue weighted by Crippen LogP contribution is -2.28. The van der Waals surface area contributed by atoms with Crippen LogP contribution < -0.4 is 15.1 Å². The maximum Gasteiger partial charge on any atom is 0.260 e. The molecule has 3 aromatic heterocycles. The fraction of sp³-hybridized carbons (Fsp3) is 0.480. The summed E-state index contributed by atoms with van der Waals surface area (Å²) < 4.78 is 2.07. The van der Waals surface area contributed by atoms with Crippen molar-refractivity contribution in [3.05, 3.63) is 46.9 Å². The van der Waals surface area contributed by atoms with Gasteiger partial charge in [-0.25, -0.2) is 9.97 Å². The molecule has 0 unspecified atom stereocenters. The van der Waals surface area contributed by atoms with E-state index in [2.05, 4.69) is 38.8 Å². The van der Waals surface area contributed by atoms with Gasteiger partial charge in [0.05, 0.1) is 17.8 Å².